The number of benzene rings is 2. The van der Waals surface area contributed by atoms with E-state index in [1.807, 2.05) is 60.7 Å². The normalized spacial score (nSPS) is 18.0. The third-order valence-electron chi connectivity index (χ3n) is 3.84. The Morgan fingerprint density at radius 2 is 1.39 bits per heavy atom. The van der Waals surface area contributed by atoms with Crippen molar-refractivity contribution in [2.24, 2.45) is 0 Å². The van der Waals surface area contributed by atoms with Crippen LogP contribution >= 0.6 is 0 Å². The van der Waals surface area contributed by atoms with E-state index >= 15 is 0 Å². The lowest BCUT2D eigenvalue weighted by molar-refractivity contribution is -0.157. The topological polar surface area (TPSA) is 66.5 Å². The highest BCUT2D eigenvalue weighted by Crippen LogP contribution is 2.16. The molecular formula is C18H16N2O3. The van der Waals surface area contributed by atoms with E-state index in [0.717, 1.165) is 11.1 Å². The Hall–Kier alpha value is -2.95. The smallest absolute Gasteiger partial charge is 0.316 e. The number of hydrogen-bond acceptors (Lipinski definition) is 3. The zero-order chi connectivity index (χ0) is 16.2. The van der Waals surface area contributed by atoms with Crippen LogP contribution in [-0.4, -0.2) is 28.7 Å². The van der Waals surface area contributed by atoms with E-state index in [-0.39, 0.29) is 6.54 Å². The van der Waals surface area contributed by atoms with E-state index in [4.69, 9.17) is 0 Å². The second-order valence-electron chi connectivity index (χ2n) is 5.44. The van der Waals surface area contributed by atoms with Gasteiger partial charge in [-0.1, -0.05) is 60.7 Å². The number of carbonyl (C=O) groups excluding carboxylic acids is 3. The standard InChI is InChI=1S/C18H16N2O3/c21-16-15(11-13-7-3-1-4-8-13)20(18(23)17(22)19-16)12-14-9-5-2-6-10-14/h1-10,15H,11-12H2,(H,19,21,22). The fraction of sp³-hybridized carbons (Fsp3) is 0.167. The van der Waals surface area contributed by atoms with Gasteiger partial charge in [0, 0.05) is 13.0 Å². The molecule has 0 aromatic heterocycles. The molecule has 2 aromatic rings. The molecule has 1 unspecified atom stereocenters. The number of rotatable bonds is 4. The fourth-order valence-corrected chi connectivity index (χ4v) is 2.66. The molecule has 116 valence electrons. The molecule has 3 rings (SSSR count). The van der Waals surface area contributed by atoms with Crippen LogP contribution in [0.25, 0.3) is 0 Å². The average Bonchev–Trinajstić information content (AvgIpc) is 2.58. The molecule has 1 saturated heterocycles. The summed E-state index contributed by atoms with van der Waals surface area (Å²) in [5.41, 5.74) is 1.81. The first-order chi connectivity index (χ1) is 11.1. The predicted molar refractivity (Wildman–Crippen MR) is 84.1 cm³/mol. The largest absolute Gasteiger partial charge is 0.318 e. The average molecular weight is 308 g/mol. The van der Waals surface area contributed by atoms with Crippen molar-refractivity contribution < 1.29 is 14.4 Å². The first kappa shape index (κ1) is 15.0. The van der Waals surface area contributed by atoms with Crippen LogP contribution in [0.1, 0.15) is 11.1 Å². The number of amides is 3. The van der Waals surface area contributed by atoms with Crippen molar-refractivity contribution in [1.29, 1.82) is 0 Å². The minimum Gasteiger partial charge on any atom is -0.318 e. The Bertz CT molecular complexity index is 728. The van der Waals surface area contributed by atoms with Crippen molar-refractivity contribution in [1.82, 2.24) is 10.2 Å². The second kappa shape index (κ2) is 6.44. The number of nitrogens with one attached hydrogen (secondary N) is 1. The minimum atomic E-state index is -0.866. The summed E-state index contributed by atoms with van der Waals surface area (Å²) in [5.74, 6) is -1.97. The highest BCUT2D eigenvalue weighted by molar-refractivity contribution is 6.40. The molecule has 1 heterocycles. The monoisotopic (exact) mass is 308 g/mol. The Kier molecular flexibility index (Phi) is 4.19. The lowest BCUT2D eigenvalue weighted by Gasteiger charge is -2.34. The van der Waals surface area contributed by atoms with Gasteiger partial charge in [-0.25, -0.2) is 0 Å². The van der Waals surface area contributed by atoms with Crippen molar-refractivity contribution in [3.63, 3.8) is 0 Å². The van der Waals surface area contributed by atoms with Crippen molar-refractivity contribution in [3.8, 4) is 0 Å². The third-order valence-corrected chi connectivity index (χ3v) is 3.84. The maximum absolute atomic E-state index is 12.2. The Balaban J connectivity index is 1.87. The Morgan fingerprint density at radius 1 is 0.826 bits per heavy atom. The zero-order valence-electron chi connectivity index (χ0n) is 12.4. The van der Waals surface area contributed by atoms with Gasteiger partial charge < -0.3 is 4.90 Å². The first-order valence-corrected chi connectivity index (χ1v) is 7.39. The Labute approximate surface area is 133 Å². The summed E-state index contributed by atoms with van der Waals surface area (Å²) in [5, 5.41) is 2.15. The fourth-order valence-electron chi connectivity index (χ4n) is 2.66. The van der Waals surface area contributed by atoms with E-state index in [9.17, 15) is 14.4 Å². The van der Waals surface area contributed by atoms with Crippen LogP contribution in [0, 0.1) is 0 Å². The van der Waals surface area contributed by atoms with Gasteiger partial charge in [0.05, 0.1) is 0 Å². The van der Waals surface area contributed by atoms with Crippen molar-refractivity contribution in [2.75, 3.05) is 0 Å². The van der Waals surface area contributed by atoms with Crippen molar-refractivity contribution >= 4 is 17.7 Å². The highest BCUT2D eigenvalue weighted by Gasteiger charge is 2.39. The van der Waals surface area contributed by atoms with Gasteiger partial charge >= 0.3 is 11.8 Å². The van der Waals surface area contributed by atoms with E-state index in [0.29, 0.717) is 6.42 Å². The van der Waals surface area contributed by atoms with Crippen LogP contribution in [-0.2, 0) is 27.3 Å². The van der Waals surface area contributed by atoms with Crippen LogP contribution in [0.15, 0.2) is 60.7 Å². The zero-order valence-corrected chi connectivity index (χ0v) is 12.4. The highest BCUT2D eigenvalue weighted by atomic mass is 16.2. The quantitative estimate of drug-likeness (QED) is 0.683. The van der Waals surface area contributed by atoms with Crippen LogP contribution in [0.4, 0.5) is 0 Å². The van der Waals surface area contributed by atoms with Crippen LogP contribution in [0.5, 0.6) is 0 Å². The van der Waals surface area contributed by atoms with Crippen LogP contribution < -0.4 is 5.32 Å². The number of imide groups is 1. The van der Waals surface area contributed by atoms with Gasteiger partial charge in [0.25, 0.3) is 0 Å². The molecule has 0 spiro atoms. The summed E-state index contributed by atoms with van der Waals surface area (Å²) in [6.45, 7) is 0.232. The molecule has 5 nitrogen and oxygen atoms in total. The lowest BCUT2D eigenvalue weighted by Crippen LogP contribution is -2.61. The summed E-state index contributed by atoms with van der Waals surface area (Å²) < 4.78 is 0. The van der Waals surface area contributed by atoms with Gasteiger partial charge in [-0.05, 0) is 11.1 Å². The summed E-state index contributed by atoms with van der Waals surface area (Å²) in [4.78, 5) is 37.5. The van der Waals surface area contributed by atoms with Gasteiger partial charge in [0.2, 0.25) is 5.91 Å². The molecule has 1 fully saturated rings. The lowest BCUT2D eigenvalue weighted by atomic mass is 10.0. The van der Waals surface area contributed by atoms with Gasteiger partial charge in [0.15, 0.2) is 0 Å². The molecule has 1 aliphatic heterocycles. The Morgan fingerprint density at radius 3 is 2.00 bits per heavy atom. The number of carbonyl (C=O) groups is 3. The number of hydrogen-bond donors (Lipinski definition) is 1. The summed E-state index contributed by atoms with van der Waals surface area (Å²) in [6, 6.07) is 18.1. The van der Waals surface area contributed by atoms with Crippen LogP contribution in [0.3, 0.4) is 0 Å². The molecule has 1 atom stereocenters. The molecule has 0 radical (unpaired) electrons. The summed E-state index contributed by atoms with van der Waals surface area (Å²) in [7, 11) is 0. The molecule has 1 N–H and O–H groups in total. The van der Waals surface area contributed by atoms with E-state index < -0.39 is 23.8 Å². The van der Waals surface area contributed by atoms with Crippen LogP contribution in [0.2, 0.25) is 0 Å². The SMILES string of the molecule is O=C1NC(=O)C(Cc2ccccc2)N(Cc2ccccc2)C1=O. The van der Waals surface area contributed by atoms with E-state index in [1.165, 1.54) is 4.90 Å². The summed E-state index contributed by atoms with van der Waals surface area (Å²) in [6.07, 6.45) is 0.374. The molecular weight excluding hydrogens is 292 g/mol. The molecule has 2 aromatic carbocycles. The molecule has 23 heavy (non-hydrogen) atoms. The minimum absolute atomic E-state index is 0.232. The molecule has 3 amide bonds. The van der Waals surface area contributed by atoms with Crippen molar-refractivity contribution in [2.45, 2.75) is 19.0 Å². The maximum atomic E-state index is 12.2. The second-order valence-corrected chi connectivity index (χ2v) is 5.44. The predicted octanol–water partition coefficient (Wildman–Crippen LogP) is 1.28. The van der Waals surface area contributed by atoms with Gasteiger partial charge in [-0.2, -0.15) is 0 Å². The molecule has 0 bridgehead atoms. The number of piperazine rings is 1. The third kappa shape index (κ3) is 3.29. The van der Waals surface area contributed by atoms with E-state index in [1.54, 1.807) is 0 Å². The molecule has 0 saturated carbocycles. The molecule has 0 aliphatic carbocycles. The van der Waals surface area contributed by atoms with Crippen molar-refractivity contribution in [3.05, 3.63) is 71.8 Å². The number of nitrogens with zero attached hydrogens (tertiary/aromatic N) is 1. The maximum Gasteiger partial charge on any atom is 0.316 e. The van der Waals surface area contributed by atoms with E-state index in [2.05, 4.69) is 5.32 Å². The van der Waals surface area contributed by atoms with Gasteiger partial charge in [0.1, 0.15) is 6.04 Å². The van der Waals surface area contributed by atoms with Gasteiger partial charge in [-0.3, -0.25) is 19.7 Å². The summed E-state index contributed by atoms with van der Waals surface area (Å²) >= 11 is 0. The molecule has 1 aliphatic rings. The molecule has 5 heteroatoms. The first-order valence-electron chi connectivity index (χ1n) is 7.39. The van der Waals surface area contributed by atoms with Gasteiger partial charge in [-0.15, -0.1) is 0 Å².